The van der Waals surface area contributed by atoms with Gasteiger partial charge in [0, 0.05) is 6.54 Å². The zero-order valence-electron chi connectivity index (χ0n) is 11.4. The zero-order chi connectivity index (χ0) is 14.8. The molecule has 0 aliphatic carbocycles. The number of fused-ring (bicyclic) bond motifs is 1. The number of carbonyl (C=O) groups excluding carboxylic acids is 1. The second-order valence-corrected chi connectivity index (χ2v) is 4.94. The first-order chi connectivity index (χ1) is 10.2. The van der Waals surface area contributed by atoms with Gasteiger partial charge in [-0.1, -0.05) is 0 Å². The lowest BCUT2D eigenvalue weighted by atomic mass is 10.4. The highest BCUT2D eigenvalue weighted by atomic mass is 32.1. The lowest BCUT2D eigenvalue weighted by molar-refractivity contribution is 0.0587. The third-order valence-corrected chi connectivity index (χ3v) is 3.52. The molecule has 3 heterocycles. The Morgan fingerprint density at radius 1 is 1.48 bits per heavy atom. The highest BCUT2D eigenvalue weighted by molar-refractivity contribution is 7.16. The fourth-order valence-corrected chi connectivity index (χ4v) is 2.56. The molecule has 0 saturated heterocycles. The number of nitrogens with zero attached hydrogens (tertiary/aromatic N) is 5. The summed E-state index contributed by atoms with van der Waals surface area (Å²) in [7, 11) is 1.29. The first kappa shape index (κ1) is 13.4. The van der Waals surface area contributed by atoms with Crippen molar-refractivity contribution in [1.29, 1.82) is 0 Å². The topological polar surface area (TPSA) is 94.8 Å². The summed E-state index contributed by atoms with van der Waals surface area (Å²) in [5.41, 5.74) is 0. The molecule has 0 unspecified atom stereocenters. The van der Waals surface area contributed by atoms with E-state index in [1.165, 1.54) is 29.5 Å². The van der Waals surface area contributed by atoms with Crippen LogP contribution in [0.15, 0.2) is 17.8 Å². The predicted molar refractivity (Wildman–Crippen MR) is 77.8 cm³/mol. The van der Waals surface area contributed by atoms with Crippen LogP contribution in [0, 0.1) is 0 Å². The summed E-state index contributed by atoms with van der Waals surface area (Å²) in [6.45, 7) is 2.67. The maximum Gasteiger partial charge on any atom is 0.377 e. The monoisotopic (exact) mass is 304 g/mol. The number of hydrogen-bond acceptors (Lipinski definition) is 8. The molecule has 1 N–H and O–H groups in total. The van der Waals surface area contributed by atoms with Crippen LogP contribution in [-0.2, 0) is 4.74 Å². The lowest BCUT2D eigenvalue weighted by Gasteiger charge is -2.05. The van der Waals surface area contributed by atoms with Crippen molar-refractivity contribution in [2.24, 2.45) is 0 Å². The number of rotatable bonds is 4. The van der Waals surface area contributed by atoms with Gasteiger partial charge in [-0.15, -0.1) is 16.4 Å². The molecule has 3 rings (SSSR count). The van der Waals surface area contributed by atoms with Crippen molar-refractivity contribution in [2.45, 2.75) is 6.92 Å². The second kappa shape index (κ2) is 5.44. The number of methoxy groups -OCH3 is 1. The normalized spacial score (nSPS) is 10.8. The number of ether oxygens (including phenoxy) is 1. The van der Waals surface area contributed by atoms with Crippen LogP contribution in [0.3, 0.4) is 0 Å². The van der Waals surface area contributed by atoms with Crippen LogP contribution in [0.1, 0.15) is 17.5 Å². The van der Waals surface area contributed by atoms with Crippen molar-refractivity contribution in [2.75, 3.05) is 19.0 Å². The number of esters is 1. The molecular formula is C12H12N6O2S. The van der Waals surface area contributed by atoms with E-state index in [4.69, 9.17) is 0 Å². The Balaban J connectivity index is 2.12. The minimum Gasteiger partial charge on any atom is -0.463 e. The number of thiophene rings is 1. The van der Waals surface area contributed by atoms with Gasteiger partial charge in [0.25, 0.3) is 5.82 Å². The Kier molecular flexibility index (Phi) is 3.48. The molecule has 0 radical (unpaired) electrons. The Labute approximate surface area is 123 Å². The van der Waals surface area contributed by atoms with Gasteiger partial charge in [0.05, 0.1) is 12.5 Å². The third kappa shape index (κ3) is 2.42. The van der Waals surface area contributed by atoms with Crippen LogP contribution < -0.4 is 5.32 Å². The average Bonchev–Trinajstić information content (AvgIpc) is 3.14. The van der Waals surface area contributed by atoms with Gasteiger partial charge in [-0.05, 0) is 18.4 Å². The summed E-state index contributed by atoms with van der Waals surface area (Å²) >= 11 is 1.51. The van der Waals surface area contributed by atoms with Gasteiger partial charge in [0.1, 0.15) is 11.2 Å². The molecule has 0 bridgehead atoms. The van der Waals surface area contributed by atoms with E-state index < -0.39 is 5.97 Å². The first-order valence-electron chi connectivity index (χ1n) is 6.22. The van der Waals surface area contributed by atoms with Gasteiger partial charge in [-0.25, -0.2) is 19.4 Å². The van der Waals surface area contributed by atoms with Gasteiger partial charge in [-0.3, -0.25) is 0 Å². The second-order valence-electron chi connectivity index (χ2n) is 4.04. The Morgan fingerprint density at radius 3 is 3.10 bits per heavy atom. The van der Waals surface area contributed by atoms with Crippen molar-refractivity contribution in [3.05, 3.63) is 23.6 Å². The minimum absolute atomic E-state index is 0.00973. The highest BCUT2D eigenvalue weighted by Gasteiger charge is 2.16. The summed E-state index contributed by atoms with van der Waals surface area (Å²) in [5, 5.41) is 9.95. The minimum atomic E-state index is -0.587. The SMILES string of the molecule is CCNc1nc(-n2cnc(C(=O)OC)n2)c2ccsc2n1. The lowest BCUT2D eigenvalue weighted by Crippen LogP contribution is -2.08. The van der Waals surface area contributed by atoms with Gasteiger partial charge in [-0.2, -0.15) is 4.98 Å². The van der Waals surface area contributed by atoms with Gasteiger partial charge >= 0.3 is 5.97 Å². The Bertz CT molecular complexity index is 796. The molecule has 3 aromatic heterocycles. The fraction of sp³-hybridized carbons (Fsp3) is 0.250. The standard InChI is InChI=1S/C12H12N6O2S/c1-3-13-12-15-9(7-4-5-21-10(7)16-12)18-6-14-8(17-18)11(19)20-2/h4-6H,3H2,1-2H3,(H,13,15,16). The Hall–Kier alpha value is -2.55. The molecule has 0 atom stereocenters. The van der Waals surface area contributed by atoms with Crippen molar-refractivity contribution < 1.29 is 9.53 Å². The molecule has 0 spiro atoms. The van der Waals surface area contributed by atoms with E-state index in [1.807, 2.05) is 18.4 Å². The molecule has 0 aliphatic rings. The number of carbonyl (C=O) groups is 1. The summed E-state index contributed by atoms with van der Waals surface area (Å²) in [5.74, 6) is 0.484. The smallest absolute Gasteiger partial charge is 0.377 e. The quantitative estimate of drug-likeness (QED) is 0.730. The number of nitrogens with one attached hydrogen (secondary N) is 1. The maximum absolute atomic E-state index is 11.4. The molecule has 0 amide bonds. The van der Waals surface area contributed by atoms with Gasteiger partial charge in [0.2, 0.25) is 5.95 Å². The molecule has 0 aromatic carbocycles. The van der Waals surface area contributed by atoms with E-state index in [9.17, 15) is 4.79 Å². The predicted octanol–water partition coefficient (Wildman–Crippen LogP) is 1.49. The van der Waals surface area contributed by atoms with Crippen molar-refractivity contribution in [1.82, 2.24) is 24.7 Å². The van der Waals surface area contributed by atoms with E-state index in [1.54, 1.807) is 0 Å². The maximum atomic E-state index is 11.4. The summed E-state index contributed by atoms with van der Waals surface area (Å²) in [6, 6.07) is 1.91. The van der Waals surface area contributed by atoms with Gasteiger partial charge in [0.15, 0.2) is 5.82 Å². The first-order valence-corrected chi connectivity index (χ1v) is 7.10. The summed E-state index contributed by atoms with van der Waals surface area (Å²) < 4.78 is 6.05. The zero-order valence-corrected chi connectivity index (χ0v) is 12.2. The third-order valence-electron chi connectivity index (χ3n) is 2.72. The molecule has 3 aromatic rings. The van der Waals surface area contributed by atoms with Gasteiger partial charge < -0.3 is 10.1 Å². The number of aromatic nitrogens is 5. The van der Waals surface area contributed by atoms with E-state index in [0.29, 0.717) is 18.3 Å². The number of anilines is 1. The summed E-state index contributed by atoms with van der Waals surface area (Å²) in [6.07, 6.45) is 1.43. The van der Waals surface area contributed by atoms with Crippen molar-refractivity contribution in [3.8, 4) is 5.82 Å². The van der Waals surface area contributed by atoms with E-state index >= 15 is 0 Å². The molecule has 108 valence electrons. The van der Waals surface area contributed by atoms with E-state index in [0.717, 1.165) is 10.2 Å². The Morgan fingerprint density at radius 2 is 2.33 bits per heavy atom. The van der Waals surface area contributed by atoms with Crippen LogP contribution >= 0.6 is 11.3 Å². The molecule has 21 heavy (non-hydrogen) atoms. The fourth-order valence-electron chi connectivity index (χ4n) is 1.80. The molecule has 0 saturated carbocycles. The van der Waals surface area contributed by atoms with Crippen LogP contribution in [-0.4, -0.2) is 44.4 Å². The van der Waals surface area contributed by atoms with Crippen LogP contribution in [0.4, 0.5) is 5.95 Å². The van der Waals surface area contributed by atoms with E-state index in [-0.39, 0.29) is 5.82 Å². The summed E-state index contributed by atoms with van der Waals surface area (Å²) in [4.78, 5) is 25.0. The van der Waals surface area contributed by atoms with Crippen LogP contribution in [0.2, 0.25) is 0 Å². The molecule has 8 nitrogen and oxygen atoms in total. The van der Waals surface area contributed by atoms with Crippen LogP contribution in [0.5, 0.6) is 0 Å². The number of hydrogen-bond donors (Lipinski definition) is 1. The molecule has 0 aliphatic heterocycles. The molecule has 9 heteroatoms. The molecule has 0 fully saturated rings. The van der Waals surface area contributed by atoms with Crippen molar-refractivity contribution >= 4 is 33.5 Å². The van der Waals surface area contributed by atoms with Crippen LogP contribution in [0.25, 0.3) is 16.0 Å². The molecular weight excluding hydrogens is 292 g/mol. The largest absolute Gasteiger partial charge is 0.463 e. The van der Waals surface area contributed by atoms with Crippen molar-refractivity contribution in [3.63, 3.8) is 0 Å². The average molecular weight is 304 g/mol. The van der Waals surface area contributed by atoms with E-state index in [2.05, 4.69) is 30.1 Å². The highest BCUT2D eigenvalue weighted by Crippen LogP contribution is 2.25.